The van der Waals surface area contributed by atoms with Gasteiger partial charge in [-0.1, -0.05) is 53.2 Å². The third kappa shape index (κ3) is 5.01. The number of hydrogen-bond acceptors (Lipinski definition) is 5. The van der Waals surface area contributed by atoms with Crippen LogP contribution in [0.25, 0.3) is 10.9 Å². The second-order valence-corrected chi connectivity index (χ2v) is 8.91. The molecule has 164 valence electrons. The molecule has 0 spiro atoms. The van der Waals surface area contributed by atoms with Gasteiger partial charge in [0, 0.05) is 10.0 Å². The molecule has 1 amide bonds. The molecule has 2 aromatic heterocycles. The molecule has 1 N–H and O–H groups in total. The maximum Gasteiger partial charge on any atom is 0.262 e. The van der Waals surface area contributed by atoms with Crippen molar-refractivity contribution in [2.45, 2.75) is 24.7 Å². The van der Waals surface area contributed by atoms with Crippen molar-refractivity contribution in [1.82, 2.24) is 14.9 Å². The minimum atomic E-state index is -0.303. The molecule has 0 saturated carbocycles. The normalized spacial score (nSPS) is 12.1. The van der Waals surface area contributed by atoms with Gasteiger partial charge in [0.25, 0.3) is 5.56 Å². The number of para-hydroxylation sites is 1. The van der Waals surface area contributed by atoms with Crippen LogP contribution < -0.4 is 10.9 Å². The van der Waals surface area contributed by atoms with Crippen LogP contribution in [0.1, 0.15) is 24.3 Å². The van der Waals surface area contributed by atoms with Crippen molar-refractivity contribution in [1.29, 1.82) is 0 Å². The Hall–Kier alpha value is -2.74. The van der Waals surface area contributed by atoms with Gasteiger partial charge in [-0.25, -0.2) is 4.98 Å². The van der Waals surface area contributed by atoms with Gasteiger partial charge < -0.3 is 9.73 Å². The first-order valence-corrected chi connectivity index (χ1v) is 11.6. The Morgan fingerprint density at radius 1 is 1.19 bits per heavy atom. The number of furan rings is 1. The number of carbonyl (C=O) groups excluding carboxylic acids is 1. The van der Waals surface area contributed by atoms with Crippen LogP contribution in [-0.4, -0.2) is 21.2 Å². The summed E-state index contributed by atoms with van der Waals surface area (Å²) in [7, 11) is 0. The summed E-state index contributed by atoms with van der Waals surface area (Å²) >= 11 is 13.4. The summed E-state index contributed by atoms with van der Waals surface area (Å²) in [5, 5.41) is 4.90. The average Bonchev–Trinajstić information content (AvgIpc) is 3.27. The van der Waals surface area contributed by atoms with Gasteiger partial charge in [-0.3, -0.25) is 14.2 Å². The smallest absolute Gasteiger partial charge is 0.262 e. The Kier molecular flexibility index (Phi) is 6.89. The van der Waals surface area contributed by atoms with Crippen molar-refractivity contribution >= 4 is 51.8 Å². The lowest BCUT2D eigenvalue weighted by molar-refractivity contribution is -0.119. The first-order chi connectivity index (χ1) is 15.4. The predicted octanol–water partition coefficient (Wildman–Crippen LogP) is 5.31. The molecule has 0 aliphatic rings. The van der Waals surface area contributed by atoms with Gasteiger partial charge in [-0.15, -0.1) is 0 Å². The van der Waals surface area contributed by atoms with Crippen molar-refractivity contribution in [3.63, 3.8) is 0 Å². The minimum Gasteiger partial charge on any atom is -0.467 e. The molecule has 0 radical (unpaired) electrons. The van der Waals surface area contributed by atoms with Crippen molar-refractivity contribution in [2.24, 2.45) is 0 Å². The lowest BCUT2D eigenvalue weighted by Crippen LogP contribution is -2.29. The van der Waals surface area contributed by atoms with Crippen LogP contribution in [0.4, 0.5) is 0 Å². The Morgan fingerprint density at radius 3 is 2.75 bits per heavy atom. The molecule has 0 bridgehead atoms. The van der Waals surface area contributed by atoms with Gasteiger partial charge >= 0.3 is 0 Å². The van der Waals surface area contributed by atoms with Crippen molar-refractivity contribution in [3.05, 3.63) is 92.6 Å². The maximum atomic E-state index is 13.1. The molecule has 32 heavy (non-hydrogen) atoms. The van der Waals surface area contributed by atoms with Crippen LogP contribution in [0.2, 0.25) is 10.0 Å². The molecule has 0 unspecified atom stereocenters. The molecular formula is C23H19Cl2N3O3S. The molecular weight excluding hydrogens is 469 g/mol. The Balaban J connectivity index is 1.54. The summed E-state index contributed by atoms with van der Waals surface area (Å²) in [6, 6.07) is 15.5. The van der Waals surface area contributed by atoms with Crippen LogP contribution >= 0.6 is 35.0 Å². The second kappa shape index (κ2) is 9.81. The highest BCUT2D eigenvalue weighted by Gasteiger charge is 2.17. The van der Waals surface area contributed by atoms with E-state index in [4.69, 9.17) is 27.6 Å². The largest absolute Gasteiger partial charge is 0.467 e. The number of thioether (sulfide) groups is 1. The molecule has 1 atom stereocenters. The fourth-order valence-electron chi connectivity index (χ4n) is 3.30. The summed E-state index contributed by atoms with van der Waals surface area (Å²) in [6.45, 7) is 2.07. The molecule has 2 aromatic carbocycles. The highest BCUT2D eigenvalue weighted by atomic mass is 35.5. The Labute approximate surface area is 198 Å². The molecule has 0 fully saturated rings. The highest BCUT2D eigenvalue weighted by molar-refractivity contribution is 7.99. The molecule has 0 saturated heterocycles. The fraction of sp³-hybridized carbons (Fsp3) is 0.174. The van der Waals surface area contributed by atoms with Gasteiger partial charge in [-0.2, -0.15) is 0 Å². The average molecular weight is 488 g/mol. The van der Waals surface area contributed by atoms with E-state index in [1.807, 2.05) is 13.0 Å². The second-order valence-electron chi connectivity index (χ2n) is 7.13. The molecule has 6 nitrogen and oxygen atoms in total. The number of amides is 1. The Morgan fingerprint density at radius 2 is 2.00 bits per heavy atom. The third-order valence-corrected chi connectivity index (χ3v) is 6.40. The van der Waals surface area contributed by atoms with Crippen LogP contribution in [0.5, 0.6) is 0 Å². The molecule has 0 aliphatic heterocycles. The highest BCUT2D eigenvalue weighted by Crippen LogP contribution is 2.26. The summed E-state index contributed by atoms with van der Waals surface area (Å²) in [4.78, 5) is 30.3. The van der Waals surface area contributed by atoms with E-state index in [0.717, 1.165) is 5.56 Å². The third-order valence-electron chi connectivity index (χ3n) is 4.86. The number of nitrogens with one attached hydrogen (secondary N) is 1. The SMILES string of the molecule is C[C@H](NC(=O)CSc1nc2ccccc2c(=O)n1Cc1ccco1)c1ccc(Cl)cc1Cl. The van der Waals surface area contributed by atoms with Gasteiger partial charge in [0.15, 0.2) is 5.16 Å². The van der Waals surface area contributed by atoms with Crippen molar-refractivity contribution < 1.29 is 9.21 Å². The Bertz CT molecular complexity index is 1320. The van der Waals surface area contributed by atoms with E-state index >= 15 is 0 Å². The van der Waals surface area contributed by atoms with E-state index in [-0.39, 0.29) is 29.8 Å². The van der Waals surface area contributed by atoms with Gasteiger partial charge in [0.05, 0.1) is 35.5 Å². The fourth-order valence-corrected chi connectivity index (χ4v) is 4.68. The van der Waals surface area contributed by atoms with E-state index in [9.17, 15) is 9.59 Å². The lowest BCUT2D eigenvalue weighted by atomic mass is 10.1. The van der Waals surface area contributed by atoms with E-state index in [1.165, 1.54) is 16.3 Å². The summed E-state index contributed by atoms with van der Waals surface area (Å²) < 4.78 is 6.93. The molecule has 0 aliphatic carbocycles. The number of halogens is 2. The zero-order valence-corrected chi connectivity index (χ0v) is 19.4. The number of fused-ring (bicyclic) bond motifs is 1. The van der Waals surface area contributed by atoms with Gasteiger partial charge in [0.2, 0.25) is 5.91 Å². The number of aromatic nitrogens is 2. The number of benzene rings is 2. The monoisotopic (exact) mass is 487 g/mol. The van der Waals surface area contributed by atoms with Crippen LogP contribution in [0, 0.1) is 0 Å². The number of nitrogens with zero attached hydrogens (tertiary/aromatic N) is 2. The quantitative estimate of drug-likeness (QED) is 0.282. The number of rotatable bonds is 7. The van der Waals surface area contributed by atoms with Crippen LogP contribution in [0.3, 0.4) is 0 Å². The zero-order valence-electron chi connectivity index (χ0n) is 17.0. The molecule has 4 aromatic rings. The van der Waals surface area contributed by atoms with E-state index in [2.05, 4.69) is 10.3 Å². The standard InChI is InChI=1S/C23H19Cl2N3O3S/c1-14(17-9-8-15(24)11-19(17)25)26-21(29)13-32-23-27-20-7-3-2-6-18(20)22(30)28(23)12-16-5-4-10-31-16/h2-11,14H,12-13H2,1H3,(H,26,29)/t14-/m0/s1. The summed E-state index contributed by atoms with van der Waals surface area (Å²) in [6.07, 6.45) is 1.55. The van der Waals surface area contributed by atoms with E-state index in [1.54, 1.807) is 54.8 Å². The first-order valence-electron chi connectivity index (χ1n) is 9.81. The minimum absolute atomic E-state index is 0.0818. The molecule has 4 rings (SSSR count). The van der Waals surface area contributed by atoms with Crippen molar-refractivity contribution in [2.75, 3.05) is 5.75 Å². The van der Waals surface area contributed by atoms with E-state index in [0.29, 0.717) is 31.9 Å². The van der Waals surface area contributed by atoms with Gasteiger partial charge in [-0.05, 0) is 48.9 Å². The number of hydrogen-bond donors (Lipinski definition) is 1. The van der Waals surface area contributed by atoms with Gasteiger partial charge in [0.1, 0.15) is 5.76 Å². The van der Waals surface area contributed by atoms with E-state index < -0.39 is 0 Å². The number of carbonyl (C=O) groups is 1. The predicted molar refractivity (Wildman–Crippen MR) is 128 cm³/mol. The molecule has 9 heteroatoms. The summed E-state index contributed by atoms with van der Waals surface area (Å²) in [5.74, 6) is 0.500. The summed E-state index contributed by atoms with van der Waals surface area (Å²) in [5.41, 5.74) is 1.17. The topological polar surface area (TPSA) is 77.1 Å². The zero-order chi connectivity index (χ0) is 22.7. The lowest BCUT2D eigenvalue weighted by Gasteiger charge is -2.16. The van der Waals surface area contributed by atoms with Crippen molar-refractivity contribution in [3.8, 4) is 0 Å². The maximum absolute atomic E-state index is 13.1. The van der Waals surface area contributed by atoms with Crippen LogP contribution in [-0.2, 0) is 11.3 Å². The first kappa shape index (κ1) is 22.5. The molecule has 2 heterocycles. The van der Waals surface area contributed by atoms with Crippen LogP contribution in [0.15, 0.2) is 75.2 Å².